The third kappa shape index (κ3) is 2.58. The van der Waals surface area contributed by atoms with E-state index in [1.807, 2.05) is 0 Å². The normalized spacial score (nSPS) is 23.0. The molecule has 0 saturated carbocycles. The van der Waals surface area contributed by atoms with Crippen LogP contribution in [0.2, 0.25) is 0 Å². The van der Waals surface area contributed by atoms with Crippen LogP contribution in [0.15, 0.2) is 40.9 Å². The van der Waals surface area contributed by atoms with Gasteiger partial charge in [0.2, 0.25) is 0 Å². The molecule has 1 unspecified atom stereocenters. The number of benzene rings is 2. The van der Waals surface area contributed by atoms with Crippen molar-refractivity contribution in [1.82, 2.24) is 4.90 Å². The van der Waals surface area contributed by atoms with E-state index in [-0.39, 0.29) is 0 Å². The van der Waals surface area contributed by atoms with E-state index in [9.17, 15) is 0 Å². The number of para-hydroxylation sites is 2. The van der Waals surface area contributed by atoms with E-state index in [0.29, 0.717) is 12.0 Å². The van der Waals surface area contributed by atoms with Crippen molar-refractivity contribution in [2.24, 2.45) is 5.92 Å². The van der Waals surface area contributed by atoms with Gasteiger partial charge in [-0.25, -0.2) is 0 Å². The quantitative estimate of drug-likeness (QED) is 0.733. The highest BCUT2D eigenvalue weighted by molar-refractivity contribution is 9.10. The fourth-order valence-corrected chi connectivity index (χ4v) is 5.35. The van der Waals surface area contributed by atoms with Gasteiger partial charge in [-0.1, -0.05) is 28.1 Å². The molecule has 1 saturated heterocycles. The number of piperidine rings is 1. The van der Waals surface area contributed by atoms with Crippen molar-refractivity contribution < 1.29 is 0 Å². The van der Waals surface area contributed by atoms with Gasteiger partial charge in [-0.05, 0) is 80.7 Å². The molecule has 1 N–H and O–H groups in total. The molecular weight excluding hydrogens is 374 g/mol. The van der Waals surface area contributed by atoms with Crippen molar-refractivity contribution >= 4 is 33.0 Å². The average Bonchev–Trinajstić information content (AvgIpc) is 2.97. The standard InChI is InChI=1S/C21H24BrN3/c1-24-9-6-14(7-10-24)20-17-13-16(22)12-15-8-11-25(21(15)17)19-5-3-2-4-18(19)23-20/h2-5,12-14,20,23H,6-11H2,1H3. The van der Waals surface area contributed by atoms with Gasteiger partial charge in [-0.3, -0.25) is 0 Å². The van der Waals surface area contributed by atoms with Gasteiger partial charge >= 0.3 is 0 Å². The first-order valence-electron chi connectivity index (χ1n) is 9.34. The highest BCUT2D eigenvalue weighted by atomic mass is 79.9. The topological polar surface area (TPSA) is 18.5 Å². The van der Waals surface area contributed by atoms with Gasteiger partial charge in [0, 0.05) is 16.7 Å². The number of nitrogens with one attached hydrogen (secondary N) is 1. The summed E-state index contributed by atoms with van der Waals surface area (Å²) in [6, 6.07) is 13.9. The first-order chi connectivity index (χ1) is 12.2. The van der Waals surface area contributed by atoms with Crippen molar-refractivity contribution in [3.8, 4) is 0 Å². The Morgan fingerprint density at radius 3 is 2.72 bits per heavy atom. The number of likely N-dealkylation sites (tertiary alicyclic amines) is 1. The molecule has 25 heavy (non-hydrogen) atoms. The Balaban J connectivity index is 1.66. The molecule has 0 spiro atoms. The van der Waals surface area contributed by atoms with E-state index in [1.165, 1.54) is 58.6 Å². The SMILES string of the molecule is CN1CCC(C2Nc3ccccc3N3CCc4cc(Br)cc2c43)CC1. The molecule has 0 radical (unpaired) electrons. The maximum absolute atomic E-state index is 3.94. The van der Waals surface area contributed by atoms with Gasteiger partial charge < -0.3 is 15.1 Å². The molecule has 3 nitrogen and oxygen atoms in total. The van der Waals surface area contributed by atoms with Crippen molar-refractivity contribution in [3.05, 3.63) is 52.0 Å². The minimum atomic E-state index is 0.393. The lowest BCUT2D eigenvalue weighted by Crippen LogP contribution is -2.34. The summed E-state index contributed by atoms with van der Waals surface area (Å²) < 4.78 is 1.22. The number of fused-ring (bicyclic) bond motifs is 2. The Hall–Kier alpha value is -1.52. The second-order valence-corrected chi connectivity index (χ2v) is 8.60. The lowest BCUT2D eigenvalue weighted by Gasteiger charge is -2.35. The van der Waals surface area contributed by atoms with E-state index in [2.05, 4.69) is 74.5 Å². The predicted molar refractivity (Wildman–Crippen MR) is 108 cm³/mol. The van der Waals surface area contributed by atoms with Crippen LogP contribution >= 0.6 is 15.9 Å². The van der Waals surface area contributed by atoms with Gasteiger partial charge in [0.25, 0.3) is 0 Å². The Bertz CT molecular complexity index is 811. The van der Waals surface area contributed by atoms with Crippen LogP contribution in [0.1, 0.15) is 30.0 Å². The van der Waals surface area contributed by atoms with E-state index < -0.39 is 0 Å². The third-order valence-electron chi connectivity index (χ3n) is 6.13. The molecule has 3 aliphatic rings. The molecule has 5 rings (SSSR count). The molecule has 0 bridgehead atoms. The Labute approximate surface area is 158 Å². The summed E-state index contributed by atoms with van der Waals surface area (Å²) in [5.41, 5.74) is 7.05. The largest absolute Gasteiger partial charge is 0.376 e. The van der Waals surface area contributed by atoms with Crippen molar-refractivity contribution in [3.63, 3.8) is 0 Å². The molecule has 130 valence electrons. The van der Waals surface area contributed by atoms with Gasteiger partial charge in [-0.15, -0.1) is 0 Å². The third-order valence-corrected chi connectivity index (χ3v) is 6.59. The molecule has 0 amide bonds. The molecule has 3 aliphatic heterocycles. The first-order valence-corrected chi connectivity index (χ1v) is 10.1. The maximum atomic E-state index is 3.94. The number of rotatable bonds is 1. The number of hydrogen-bond donors (Lipinski definition) is 1. The molecular formula is C21H24BrN3. The monoisotopic (exact) mass is 397 g/mol. The Kier molecular flexibility index (Phi) is 3.79. The summed E-state index contributed by atoms with van der Waals surface area (Å²) >= 11 is 3.77. The highest BCUT2D eigenvalue weighted by Gasteiger charge is 2.36. The molecule has 4 heteroatoms. The van der Waals surface area contributed by atoms with Crippen LogP contribution in [-0.2, 0) is 6.42 Å². The van der Waals surface area contributed by atoms with Crippen LogP contribution in [0.5, 0.6) is 0 Å². The van der Waals surface area contributed by atoms with Crippen LogP contribution < -0.4 is 10.2 Å². The van der Waals surface area contributed by atoms with Crippen LogP contribution in [0.4, 0.5) is 17.1 Å². The minimum absolute atomic E-state index is 0.393. The minimum Gasteiger partial charge on any atom is -0.376 e. The Morgan fingerprint density at radius 1 is 1.08 bits per heavy atom. The Morgan fingerprint density at radius 2 is 1.88 bits per heavy atom. The zero-order valence-corrected chi connectivity index (χ0v) is 16.2. The van der Waals surface area contributed by atoms with Crippen molar-refractivity contribution in [1.29, 1.82) is 0 Å². The highest BCUT2D eigenvalue weighted by Crippen LogP contribution is 2.50. The maximum Gasteiger partial charge on any atom is 0.0646 e. The van der Waals surface area contributed by atoms with Crippen molar-refractivity contribution in [2.45, 2.75) is 25.3 Å². The number of halogens is 1. The first kappa shape index (κ1) is 15.7. The van der Waals surface area contributed by atoms with E-state index in [1.54, 1.807) is 0 Å². The molecule has 2 aromatic rings. The fourth-order valence-electron chi connectivity index (χ4n) is 4.83. The molecule has 1 atom stereocenters. The van der Waals surface area contributed by atoms with E-state index in [4.69, 9.17) is 0 Å². The summed E-state index contributed by atoms with van der Waals surface area (Å²) in [4.78, 5) is 4.99. The average molecular weight is 398 g/mol. The zero-order valence-electron chi connectivity index (χ0n) is 14.6. The fraction of sp³-hybridized carbons (Fsp3) is 0.429. The second kappa shape index (κ2) is 6.03. The van der Waals surface area contributed by atoms with Gasteiger partial charge in [0.1, 0.15) is 0 Å². The van der Waals surface area contributed by atoms with Crippen LogP contribution in [0, 0.1) is 5.92 Å². The lowest BCUT2D eigenvalue weighted by molar-refractivity contribution is 0.205. The summed E-state index contributed by atoms with van der Waals surface area (Å²) in [5, 5.41) is 3.94. The zero-order chi connectivity index (χ0) is 17.0. The summed E-state index contributed by atoms with van der Waals surface area (Å²) in [6.45, 7) is 3.48. The van der Waals surface area contributed by atoms with E-state index >= 15 is 0 Å². The molecule has 1 fully saturated rings. The summed E-state index contributed by atoms with van der Waals surface area (Å²) in [7, 11) is 2.24. The molecule has 2 aromatic carbocycles. The lowest BCUT2D eigenvalue weighted by atomic mass is 9.84. The molecule has 0 aliphatic carbocycles. The van der Waals surface area contributed by atoms with Crippen LogP contribution in [0.25, 0.3) is 0 Å². The van der Waals surface area contributed by atoms with Gasteiger partial charge in [-0.2, -0.15) is 0 Å². The van der Waals surface area contributed by atoms with Gasteiger partial charge in [0.05, 0.1) is 17.4 Å². The summed E-state index contributed by atoms with van der Waals surface area (Å²) in [6.07, 6.45) is 3.66. The van der Waals surface area contributed by atoms with Gasteiger partial charge in [0.15, 0.2) is 0 Å². The number of hydrogen-bond acceptors (Lipinski definition) is 3. The molecule has 3 heterocycles. The smallest absolute Gasteiger partial charge is 0.0646 e. The summed E-state index contributed by atoms with van der Waals surface area (Å²) in [5.74, 6) is 0.684. The predicted octanol–water partition coefficient (Wildman–Crippen LogP) is 4.95. The molecule has 0 aromatic heterocycles. The number of anilines is 3. The van der Waals surface area contributed by atoms with E-state index in [0.717, 1.165) is 13.0 Å². The second-order valence-electron chi connectivity index (χ2n) is 7.68. The van der Waals surface area contributed by atoms with Crippen molar-refractivity contribution in [2.75, 3.05) is 36.9 Å². The van der Waals surface area contributed by atoms with Crippen LogP contribution in [0.3, 0.4) is 0 Å². The number of nitrogens with zero attached hydrogens (tertiary/aromatic N) is 2. The van der Waals surface area contributed by atoms with Crippen LogP contribution in [-0.4, -0.2) is 31.6 Å².